The Balaban J connectivity index is 1.94. The normalized spacial score (nSPS) is 18.9. The second-order valence-electron chi connectivity index (χ2n) is 4.36. The lowest BCUT2D eigenvalue weighted by Gasteiger charge is -2.34. The fourth-order valence-electron chi connectivity index (χ4n) is 1.95. The molecule has 1 N–H and O–H groups in total. The first kappa shape index (κ1) is 15.6. The van der Waals surface area contributed by atoms with Crippen LogP contribution < -0.4 is 4.74 Å². The molecule has 0 radical (unpaired) electrons. The minimum atomic E-state index is -0.305. The van der Waals surface area contributed by atoms with E-state index in [0.29, 0.717) is 30.5 Å². The standard InChI is InChI=1S/C13H15BrClNO4/c14-9-1-2-12(11(15)5-9)20-8-13(18)16-3-4-19-7-10(16)6-17/h1-2,5,10,17H,3-4,6-8H2. The van der Waals surface area contributed by atoms with Gasteiger partial charge in [0.05, 0.1) is 30.9 Å². The molecule has 1 aliphatic heterocycles. The van der Waals surface area contributed by atoms with E-state index in [1.807, 2.05) is 0 Å². The largest absolute Gasteiger partial charge is 0.482 e. The average molecular weight is 365 g/mol. The van der Waals surface area contributed by atoms with Gasteiger partial charge in [-0.2, -0.15) is 0 Å². The Morgan fingerprint density at radius 3 is 3.10 bits per heavy atom. The fraction of sp³-hybridized carbons (Fsp3) is 0.462. The lowest BCUT2D eigenvalue weighted by Crippen LogP contribution is -2.51. The predicted octanol–water partition coefficient (Wildman–Crippen LogP) is 1.70. The summed E-state index contributed by atoms with van der Waals surface area (Å²) in [6.45, 7) is 1.05. The third kappa shape index (κ3) is 3.85. The molecule has 1 aromatic carbocycles. The smallest absolute Gasteiger partial charge is 0.260 e. The molecular formula is C13H15BrClNO4. The number of nitrogens with zero attached hydrogens (tertiary/aromatic N) is 1. The highest BCUT2D eigenvalue weighted by atomic mass is 79.9. The third-order valence-electron chi connectivity index (χ3n) is 3.00. The highest BCUT2D eigenvalue weighted by Gasteiger charge is 2.26. The molecule has 5 nitrogen and oxygen atoms in total. The van der Waals surface area contributed by atoms with Crippen molar-refractivity contribution in [2.24, 2.45) is 0 Å². The Morgan fingerprint density at radius 2 is 2.40 bits per heavy atom. The minimum absolute atomic E-state index is 0.113. The molecule has 20 heavy (non-hydrogen) atoms. The van der Waals surface area contributed by atoms with Crippen LogP contribution in [0.4, 0.5) is 0 Å². The first-order valence-corrected chi connectivity index (χ1v) is 7.35. The Labute approximate surface area is 130 Å². The highest BCUT2D eigenvalue weighted by Crippen LogP contribution is 2.27. The van der Waals surface area contributed by atoms with Gasteiger partial charge < -0.3 is 19.5 Å². The molecule has 1 aliphatic rings. The quantitative estimate of drug-likeness (QED) is 0.883. The first-order chi connectivity index (χ1) is 9.61. The number of rotatable bonds is 4. The lowest BCUT2D eigenvalue weighted by molar-refractivity contribution is -0.143. The molecule has 0 aromatic heterocycles. The molecule has 1 heterocycles. The van der Waals surface area contributed by atoms with Crippen molar-refractivity contribution in [1.82, 2.24) is 4.90 Å². The van der Waals surface area contributed by atoms with Crippen molar-refractivity contribution in [3.8, 4) is 5.75 Å². The van der Waals surface area contributed by atoms with Gasteiger partial charge in [0.25, 0.3) is 5.91 Å². The summed E-state index contributed by atoms with van der Waals surface area (Å²) in [5, 5.41) is 9.67. The molecule has 1 aromatic rings. The number of morpholine rings is 1. The maximum absolute atomic E-state index is 12.1. The number of carbonyl (C=O) groups is 1. The van der Waals surface area contributed by atoms with Gasteiger partial charge in [-0.1, -0.05) is 27.5 Å². The monoisotopic (exact) mass is 363 g/mol. The zero-order valence-corrected chi connectivity index (χ0v) is 13.1. The van der Waals surface area contributed by atoms with Crippen molar-refractivity contribution >= 4 is 33.4 Å². The van der Waals surface area contributed by atoms with Crippen LogP contribution in [0.5, 0.6) is 5.75 Å². The van der Waals surface area contributed by atoms with E-state index in [1.165, 1.54) is 0 Å². The SMILES string of the molecule is O=C(COc1ccc(Br)cc1Cl)N1CCOCC1CO. The van der Waals surface area contributed by atoms with Crippen LogP contribution in [-0.4, -0.2) is 54.9 Å². The van der Waals surface area contributed by atoms with Crippen LogP contribution in [0.1, 0.15) is 0 Å². The van der Waals surface area contributed by atoms with Gasteiger partial charge in [-0.05, 0) is 18.2 Å². The topological polar surface area (TPSA) is 59.0 Å². The molecule has 0 spiro atoms. The minimum Gasteiger partial charge on any atom is -0.482 e. The van der Waals surface area contributed by atoms with Crippen LogP contribution in [0.3, 0.4) is 0 Å². The summed E-state index contributed by atoms with van der Waals surface area (Å²) < 4.78 is 11.5. The van der Waals surface area contributed by atoms with E-state index in [0.717, 1.165) is 4.47 Å². The predicted molar refractivity (Wildman–Crippen MR) is 78.1 cm³/mol. The molecule has 0 saturated carbocycles. The van der Waals surface area contributed by atoms with Crippen LogP contribution in [0.15, 0.2) is 22.7 Å². The Kier molecular flexibility index (Phi) is 5.65. The Bertz CT molecular complexity index is 485. The summed E-state index contributed by atoms with van der Waals surface area (Å²) in [7, 11) is 0. The van der Waals surface area contributed by atoms with Gasteiger partial charge in [-0.25, -0.2) is 0 Å². The van der Waals surface area contributed by atoms with Crippen molar-refractivity contribution in [2.45, 2.75) is 6.04 Å². The van der Waals surface area contributed by atoms with Crippen LogP contribution in [0, 0.1) is 0 Å². The highest BCUT2D eigenvalue weighted by molar-refractivity contribution is 9.10. The fourth-order valence-corrected chi connectivity index (χ4v) is 2.68. The van der Waals surface area contributed by atoms with Crippen molar-refractivity contribution in [3.05, 3.63) is 27.7 Å². The van der Waals surface area contributed by atoms with Gasteiger partial charge in [-0.3, -0.25) is 4.79 Å². The van der Waals surface area contributed by atoms with Gasteiger partial charge in [0.2, 0.25) is 0 Å². The van der Waals surface area contributed by atoms with E-state index in [4.69, 9.17) is 21.1 Å². The van der Waals surface area contributed by atoms with Crippen molar-refractivity contribution in [3.63, 3.8) is 0 Å². The summed E-state index contributed by atoms with van der Waals surface area (Å²) in [5.41, 5.74) is 0. The number of hydrogen-bond acceptors (Lipinski definition) is 4. The summed E-state index contributed by atoms with van der Waals surface area (Å²) in [4.78, 5) is 13.7. The van der Waals surface area contributed by atoms with E-state index in [-0.39, 0.29) is 25.2 Å². The molecule has 1 unspecified atom stereocenters. The van der Waals surface area contributed by atoms with Crippen LogP contribution >= 0.6 is 27.5 Å². The van der Waals surface area contributed by atoms with E-state index in [1.54, 1.807) is 23.1 Å². The number of hydrogen-bond donors (Lipinski definition) is 1. The number of aliphatic hydroxyl groups is 1. The molecule has 7 heteroatoms. The van der Waals surface area contributed by atoms with Crippen LogP contribution in [-0.2, 0) is 9.53 Å². The maximum atomic E-state index is 12.1. The number of benzene rings is 1. The summed E-state index contributed by atoms with van der Waals surface area (Å²) >= 11 is 9.31. The molecule has 1 atom stereocenters. The maximum Gasteiger partial charge on any atom is 0.260 e. The lowest BCUT2D eigenvalue weighted by atomic mass is 10.2. The molecule has 0 aliphatic carbocycles. The van der Waals surface area contributed by atoms with Crippen molar-refractivity contribution in [1.29, 1.82) is 0 Å². The van der Waals surface area contributed by atoms with Crippen molar-refractivity contribution < 1.29 is 19.4 Å². The van der Waals surface area contributed by atoms with E-state index < -0.39 is 0 Å². The van der Waals surface area contributed by atoms with Crippen LogP contribution in [0.25, 0.3) is 0 Å². The second kappa shape index (κ2) is 7.26. The molecule has 110 valence electrons. The molecule has 0 bridgehead atoms. The molecule has 1 saturated heterocycles. The van der Waals surface area contributed by atoms with Gasteiger partial charge in [-0.15, -0.1) is 0 Å². The summed E-state index contributed by atoms with van der Waals surface area (Å²) in [5.74, 6) is 0.267. The van der Waals surface area contributed by atoms with Gasteiger partial charge in [0.1, 0.15) is 5.75 Å². The first-order valence-electron chi connectivity index (χ1n) is 6.17. The zero-order valence-electron chi connectivity index (χ0n) is 10.7. The van der Waals surface area contributed by atoms with Gasteiger partial charge in [0.15, 0.2) is 6.61 Å². The number of carbonyl (C=O) groups excluding carboxylic acids is 1. The van der Waals surface area contributed by atoms with E-state index in [9.17, 15) is 9.90 Å². The number of halogens is 2. The molecular weight excluding hydrogens is 350 g/mol. The Hall–Kier alpha value is -0.820. The van der Waals surface area contributed by atoms with E-state index >= 15 is 0 Å². The Morgan fingerprint density at radius 1 is 1.60 bits per heavy atom. The molecule has 1 fully saturated rings. The summed E-state index contributed by atoms with van der Waals surface area (Å²) in [6.07, 6.45) is 0. The third-order valence-corrected chi connectivity index (χ3v) is 3.79. The number of amides is 1. The number of ether oxygens (including phenoxy) is 2. The van der Waals surface area contributed by atoms with Gasteiger partial charge in [0, 0.05) is 11.0 Å². The van der Waals surface area contributed by atoms with Gasteiger partial charge >= 0.3 is 0 Å². The van der Waals surface area contributed by atoms with Crippen molar-refractivity contribution in [2.75, 3.05) is 33.0 Å². The average Bonchev–Trinajstić information content (AvgIpc) is 2.46. The molecule has 1 amide bonds. The number of aliphatic hydroxyl groups excluding tert-OH is 1. The van der Waals surface area contributed by atoms with E-state index in [2.05, 4.69) is 15.9 Å². The summed E-state index contributed by atoms with van der Waals surface area (Å²) in [6, 6.07) is 4.88. The zero-order chi connectivity index (χ0) is 14.5. The second-order valence-corrected chi connectivity index (χ2v) is 5.68. The molecule has 2 rings (SSSR count). The van der Waals surface area contributed by atoms with Crippen LogP contribution in [0.2, 0.25) is 5.02 Å².